The zero-order valence-electron chi connectivity index (χ0n) is 20.2. The molecule has 9 heteroatoms. The Morgan fingerprint density at radius 1 is 0.973 bits per heavy atom. The number of anilines is 1. The van der Waals surface area contributed by atoms with Crippen molar-refractivity contribution in [2.75, 3.05) is 11.4 Å². The number of nitrogens with zero attached hydrogens (tertiary/aromatic N) is 2. The molecular formula is C28H27ClN4O4. The van der Waals surface area contributed by atoms with Crippen molar-refractivity contribution in [3.05, 3.63) is 101 Å². The van der Waals surface area contributed by atoms with Crippen molar-refractivity contribution in [3.63, 3.8) is 0 Å². The number of aliphatic carboxylic acids is 1. The normalized spacial score (nSPS) is 10.5. The molecular weight excluding hydrogens is 492 g/mol. The fourth-order valence-electron chi connectivity index (χ4n) is 4.16. The Morgan fingerprint density at radius 2 is 1.65 bits per heavy atom. The van der Waals surface area contributed by atoms with Crippen LogP contribution in [0.1, 0.15) is 38.3 Å². The number of nitrogen functional groups attached to an aromatic ring is 1. The molecule has 4 rings (SSSR count). The van der Waals surface area contributed by atoms with Gasteiger partial charge in [0.05, 0.1) is 5.52 Å². The maximum absolute atomic E-state index is 13.1. The van der Waals surface area contributed by atoms with Crippen LogP contribution in [0.4, 0.5) is 5.69 Å². The molecule has 0 saturated carbocycles. The molecule has 0 radical (unpaired) electrons. The van der Waals surface area contributed by atoms with E-state index in [0.717, 1.165) is 16.5 Å². The van der Waals surface area contributed by atoms with Gasteiger partial charge < -0.3 is 15.4 Å². The summed E-state index contributed by atoms with van der Waals surface area (Å²) < 4.78 is 1.81. The summed E-state index contributed by atoms with van der Waals surface area (Å²) in [6, 6.07) is 20.9. The van der Waals surface area contributed by atoms with E-state index in [1.54, 1.807) is 71.4 Å². The summed E-state index contributed by atoms with van der Waals surface area (Å²) in [6.45, 7) is -0.488. The molecule has 0 spiro atoms. The Kier molecular flexibility index (Phi) is 8.47. The third-order valence-electron chi connectivity index (χ3n) is 6.05. The van der Waals surface area contributed by atoms with Gasteiger partial charge in [-0.25, -0.2) is 0 Å². The van der Waals surface area contributed by atoms with E-state index in [9.17, 15) is 19.5 Å². The molecule has 0 atom stereocenters. The number of rotatable bonds is 9. The predicted octanol–water partition coefficient (Wildman–Crippen LogP) is 4.43. The van der Waals surface area contributed by atoms with Gasteiger partial charge in [-0.1, -0.05) is 48.5 Å². The molecule has 0 aliphatic rings. The fourth-order valence-corrected chi connectivity index (χ4v) is 4.16. The van der Waals surface area contributed by atoms with Crippen molar-refractivity contribution in [2.24, 2.45) is 12.8 Å². The number of aromatic nitrogens is 1. The number of hydrogen-bond donors (Lipinski definition) is 3. The van der Waals surface area contributed by atoms with Crippen LogP contribution < -0.4 is 10.6 Å². The maximum atomic E-state index is 13.1. The highest BCUT2D eigenvalue weighted by atomic mass is 35.5. The van der Waals surface area contributed by atoms with Crippen LogP contribution in [0.3, 0.4) is 0 Å². The number of carbonyl (C=O) groups excluding carboxylic acids is 2. The number of amides is 1. The molecule has 0 bridgehead atoms. The zero-order valence-corrected chi connectivity index (χ0v) is 21.0. The average Bonchev–Trinajstić information content (AvgIpc) is 3.22. The number of nitrogens with one attached hydrogen (secondary N) is 1. The van der Waals surface area contributed by atoms with Crippen LogP contribution in [0.5, 0.6) is 0 Å². The minimum absolute atomic E-state index is 0. The van der Waals surface area contributed by atoms with Crippen molar-refractivity contribution in [1.29, 1.82) is 5.41 Å². The molecule has 8 nitrogen and oxygen atoms in total. The maximum Gasteiger partial charge on any atom is 0.323 e. The van der Waals surface area contributed by atoms with Gasteiger partial charge in [0.1, 0.15) is 12.4 Å². The lowest BCUT2D eigenvalue weighted by molar-refractivity contribution is -0.135. The summed E-state index contributed by atoms with van der Waals surface area (Å²) in [7, 11) is 1.81. The number of Topliss-reactive ketones (excluding diaryl/α,β-unsaturated/α-hetero) is 1. The molecule has 3 aromatic carbocycles. The molecule has 0 fully saturated rings. The standard InChI is InChI=1S/C28H26N4O4.ClH/c1-31-16-23(25(33)14-9-18-7-10-19(11-8-18)27(29)30)22-13-12-21(15-24(22)31)32(17-26(34)35)28(36)20-5-3-2-4-6-20;/h2-8,10-13,15-16H,9,14,17H2,1H3,(H3,29,30)(H,34,35);1H. The highest BCUT2D eigenvalue weighted by Gasteiger charge is 2.22. The lowest BCUT2D eigenvalue weighted by atomic mass is 10.0. The minimum atomic E-state index is -1.13. The van der Waals surface area contributed by atoms with Crippen molar-refractivity contribution in [1.82, 2.24) is 4.57 Å². The second-order valence-electron chi connectivity index (χ2n) is 8.54. The van der Waals surface area contributed by atoms with Crippen molar-refractivity contribution in [3.8, 4) is 0 Å². The van der Waals surface area contributed by atoms with Gasteiger partial charge >= 0.3 is 5.97 Å². The van der Waals surface area contributed by atoms with Gasteiger partial charge in [-0.05, 0) is 36.2 Å². The molecule has 4 aromatic rings. The van der Waals surface area contributed by atoms with Crippen LogP contribution in [0.25, 0.3) is 10.9 Å². The molecule has 37 heavy (non-hydrogen) atoms. The molecule has 1 aromatic heterocycles. The number of benzene rings is 3. The molecule has 4 N–H and O–H groups in total. The van der Waals surface area contributed by atoms with Crippen molar-refractivity contribution in [2.45, 2.75) is 12.8 Å². The largest absolute Gasteiger partial charge is 0.480 e. The van der Waals surface area contributed by atoms with E-state index < -0.39 is 18.4 Å². The van der Waals surface area contributed by atoms with E-state index in [-0.39, 0.29) is 24.0 Å². The molecule has 190 valence electrons. The monoisotopic (exact) mass is 518 g/mol. The number of hydrogen-bond acceptors (Lipinski definition) is 4. The van der Waals surface area contributed by atoms with Crippen LogP contribution in [0, 0.1) is 5.41 Å². The summed E-state index contributed by atoms with van der Waals surface area (Å²) in [4.78, 5) is 38.9. The Labute approximate surface area is 220 Å². The summed E-state index contributed by atoms with van der Waals surface area (Å²) in [5, 5.41) is 17.6. The lowest BCUT2D eigenvalue weighted by Gasteiger charge is -2.21. The average molecular weight is 519 g/mol. The van der Waals surface area contributed by atoms with E-state index >= 15 is 0 Å². The molecule has 1 amide bonds. The minimum Gasteiger partial charge on any atom is -0.480 e. The van der Waals surface area contributed by atoms with Crippen LogP contribution in [-0.4, -0.2) is 39.7 Å². The number of aryl methyl sites for hydroxylation is 2. The number of carbonyl (C=O) groups is 3. The SMILES string of the molecule is Cl.Cn1cc(C(=O)CCc2ccc(C(=N)N)cc2)c2ccc(N(CC(=O)O)C(=O)c3ccccc3)cc21. The van der Waals surface area contributed by atoms with E-state index in [0.29, 0.717) is 35.2 Å². The van der Waals surface area contributed by atoms with E-state index in [1.165, 1.54) is 4.90 Å². The van der Waals surface area contributed by atoms with Crippen molar-refractivity contribution >= 4 is 52.5 Å². The lowest BCUT2D eigenvalue weighted by Crippen LogP contribution is -2.35. The number of ketones is 1. The summed E-state index contributed by atoms with van der Waals surface area (Å²) in [5.74, 6) is -1.57. The third-order valence-corrected chi connectivity index (χ3v) is 6.05. The highest BCUT2D eigenvalue weighted by molar-refractivity contribution is 6.11. The van der Waals surface area contributed by atoms with E-state index in [1.807, 2.05) is 19.2 Å². The van der Waals surface area contributed by atoms with Gasteiger partial charge in [0.15, 0.2) is 5.78 Å². The highest BCUT2D eigenvalue weighted by Crippen LogP contribution is 2.28. The molecule has 0 aliphatic heterocycles. The fraction of sp³-hybridized carbons (Fsp3) is 0.143. The van der Waals surface area contributed by atoms with Gasteiger partial charge in [0, 0.05) is 47.4 Å². The van der Waals surface area contributed by atoms with Crippen LogP contribution in [0.2, 0.25) is 0 Å². The van der Waals surface area contributed by atoms with E-state index in [4.69, 9.17) is 11.1 Å². The number of fused-ring (bicyclic) bond motifs is 1. The predicted molar refractivity (Wildman–Crippen MR) is 146 cm³/mol. The van der Waals surface area contributed by atoms with E-state index in [2.05, 4.69) is 0 Å². The first kappa shape index (κ1) is 27.2. The molecule has 0 saturated heterocycles. The Bertz CT molecular complexity index is 1460. The Hall–Kier alpha value is -4.43. The third kappa shape index (κ3) is 6.05. The van der Waals surface area contributed by atoms with Gasteiger partial charge in [0.2, 0.25) is 0 Å². The van der Waals surface area contributed by atoms with Crippen LogP contribution in [-0.2, 0) is 18.3 Å². The van der Waals surface area contributed by atoms with Crippen LogP contribution in [0.15, 0.2) is 79.0 Å². The first-order valence-electron chi connectivity index (χ1n) is 11.4. The van der Waals surface area contributed by atoms with Crippen LogP contribution >= 0.6 is 12.4 Å². The Morgan fingerprint density at radius 3 is 2.27 bits per heavy atom. The number of carboxylic acid groups (broad SMARTS) is 1. The number of nitrogens with two attached hydrogens (primary N) is 1. The Balaban J connectivity index is 0.00000380. The second kappa shape index (κ2) is 11.5. The zero-order chi connectivity index (χ0) is 25.8. The van der Waals surface area contributed by atoms with Gasteiger partial charge in [-0.15, -0.1) is 12.4 Å². The number of amidine groups is 1. The summed E-state index contributed by atoms with van der Waals surface area (Å²) >= 11 is 0. The summed E-state index contributed by atoms with van der Waals surface area (Å²) in [6.07, 6.45) is 2.61. The molecule has 1 heterocycles. The molecule has 0 aliphatic carbocycles. The molecule has 0 unspecified atom stereocenters. The number of carboxylic acids is 1. The second-order valence-corrected chi connectivity index (χ2v) is 8.54. The topological polar surface area (TPSA) is 129 Å². The van der Waals surface area contributed by atoms with Gasteiger partial charge in [-0.3, -0.25) is 24.7 Å². The summed E-state index contributed by atoms with van der Waals surface area (Å²) in [5.41, 5.74) is 9.21. The van der Waals surface area contributed by atoms with Gasteiger partial charge in [-0.2, -0.15) is 0 Å². The van der Waals surface area contributed by atoms with Crippen molar-refractivity contribution < 1.29 is 19.5 Å². The number of halogens is 1. The quantitative estimate of drug-likeness (QED) is 0.171. The first-order valence-corrected chi connectivity index (χ1v) is 11.4. The van der Waals surface area contributed by atoms with Gasteiger partial charge in [0.25, 0.3) is 5.91 Å². The smallest absolute Gasteiger partial charge is 0.323 e. The first-order chi connectivity index (χ1) is 17.2.